The standard InChI is InChI=1S/C25H19N5O/c1-3-18-7-9-19(10-8-18)24(31)28-21-11-6-17(2)23(15-21)30-25-27-14-12-22(29-25)20-5-4-13-26-16-20/h1,4-16H,2H3,(H,28,31)(H,27,29,30). The molecular weight excluding hydrogens is 386 g/mol. The van der Waals surface area contributed by atoms with Crippen molar-refractivity contribution >= 4 is 23.2 Å². The highest BCUT2D eigenvalue weighted by Crippen LogP contribution is 2.24. The van der Waals surface area contributed by atoms with E-state index in [1.807, 2.05) is 43.3 Å². The highest BCUT2D eigenvalue weighted by molar-refractivity contribution is 6.04. The quantitative estimate of drug-likeness (QED) is 0.465. The monoisotopic (exact) mass is 405 g/mol. The van der Waals surface area contributed by atoms with Gasteiger partial charge >= 0.3 is 0 Å². The van der Waals surface area contributed by atoms with Crippen LogP contribution in [0, 0.1) is 19.3 Å². The zero-order valence-electron chi connectivity index (χ0n) is 16.8. The Morgan fingerprint density at radius 3 is 2.61 bits per heavy atom. The molecule has 2 aromatic heterocycles. The van der Waals surface area contributed by atoms with Gasteiger partial charge in [-0.2, -0.15) is 0 Å². The number of benzene rings is 2. The molecule has 0 aliphatic heterocycles. The number of nitrogens with one attached hydrogen (secondary N) is 2. The van der Waals surface area contributed by atoms with Crippen molar-refractivity contribution in [2.45, 2.75) is 6.92 Å². The van der Waals surface area contributed by atoms with Crippen LogP contribution in [0.2, 0.25) is 0 Å². The number of nitrogens with zero attached hydrogens (tertiary/aromatic N) is 3. The summed E-state index contributed by atoms with van der Waals surface area (Å²) in [6.07, 6.45) is 10.5. The minimum absolute atomic E-state index is 0.215. The maximum absolute atomic E-state index is 12.6. The van der Waals surface area contributed by atoms with E-state index in [1.165, 1.54) is 0 Å². The number of aryl methyl sites for hydroxylation is 1. The molecule has 6 heteroatoms. The van der Waals surface area contributed by atoms with Crippen LogP contribution < -0.4 is 10.6 Å². The topological polar surface area (TPSA) is 79.8 Å². The molecule has 1 amide bonds. The molecule has 0 aliphatic rings. The summed E-state index contributed by atoms with van der Waals surface area (Å²) in [6.45, 7) is 1.97. The van der Waals surface area contributed by atoms with Gasteiger partial charge < -0.3 is 10.6 Å². The Bertz CT molecular complexity index is 1260. The number of terminal acetylenes is 1. The number of pyridine rings is 1. The number of hydrogen-bond donors (Lipinski definition) is 2. The van der Waals surface area contributed by atoms with Crippen molar-refractivity contribution in [3.63, 3.8) is 0 Å². The minimum atomic E-state index is -0.215. The number of carbonyl (C=O) groups excluding carboxylic acids is 1. The minimum Gasteiger partial charge on any atom is -0.324 e. The third kappa shape index (κ3) is 4.74. The van der Waals surface area contributed by atoms with Gasteiger partial charge in [0.1, 0.15) is 0 Å². The number of anilines is 3. The largest absolute Gasteiger partial charge is 0.324 e. The first-order valence-corrected chi connectivity index (χ1v) is 9.61. The second kappa shape index (κ2) is 8.89. The van der Waals surface area contributed by atoms with Gasteiger partial charge in [0, 0.05) is 46.7 Å². The Labute approximate surface area is 180 Å². The lowest BCUT2D eigenvalue weighted by Gasteiger charge is -2.12. The Kier molecular flexibility index (Phi) is 5.68. The van der Waals surface area contributed by atoms with Gasteiger partial charge in [-0.25, -0.2) is 9.97 Å². The van der Waals surface area contributed by atoms with Crippen LogP contribution >= 0.6 is 0 Å². The van der Waals surface area contributed by atoms with Crippen LogP contribution in [-0.4, -0.2) is 20.9 Å². The predicted octanol–water partition coefficient (Wildman–Crippen LogP) is 4.82. The Morgan fingerprint density at radius 2 is 1.87 bits per heavy atom. The molecule has 0 aliphatic carbocycles. The number of aromatic nitrogens is 3. The summed E-state index contributed by atoms with van der Waals surface area (Å²) in [5, 5.41) is 6.14. The van der Waals surface area contributed by atoms with Crippen molar-refractivity contribution in [2.24, 2.45) is 0 Å². The van der Waals surface area contributed by atoms with Gasteiger partial charge in [0.05, 0.1) is 5.69 Å². The van der Waals surface area contributed by atoms with Crippen LogP contribution in [-0.2, 0) is 0 Å². The molecule has 2 aromatic carbocycles. The van der Waals surface area contributed by atoms with Crippen LogP contribution in [0.15, 0.2) is 79.3 Å². The summed E-state index contributed by atoms with van der Waals surface area (Å²) >= 11 is 0. The summed E-state index contributed by atoms with van der Waals surface area (Å²) in [5.41, 5.74) is 5.37. The normalized spacial score (nSPS) is 10.2. The van der Waals surface area contributed by atoms with E-state index in [1.54, 1.807) is 42.9 Å². The van der Waals surface area contributed by atoms with Crippen molar-refractivity contribution in [1.82, 2.24) is 15.0 Å². The first kappa shape index (κ1) is 19.8. The number of carbonyl (C=O) groups is 1. The van der Waals surface area contributed by atoms with E-state index >= 15 is 0 Å². The molecule has 2 heterocycles. The second-order valence-electron chi connectivity index (χ2n) is 6.84. The fourth-order valence-electron chi connectivity index (χ4n) is 2.97. The number of rotatable bonds is 5. The van der Waals surface area contributed by atoms with Crippen LogP contribution in [0.25, 0.3) is 11.3 Å². The first-order chi connectivity index (χ1) is 15.1. The molecule has 6 nitrogen and oxygen atoms in total. The molecule has 0 saturated heterocycles. The summed E-state index contributed by atoms with van der Waals surface area (Å²) in [6, 6.07) is 18.1. The second-order valence-corrected chi connectivity index (χ2v) is 6.84. The fraction of sp³-hybridized carbons (Fsp3) is 0.0400. The maximum Gasteiger partial charge on any atom is 0.255 e. The third-order valence-electron chi connectivity index (χ3n) is 4.67. The van der Waals surface area contributed by atoms with E-state index in [0.29, 0.717) is 17.2 Å². The highest BCUT2D eigenvalue weighted by atomic mass is 16.1. The van der Waals surface area contributed by atoms with Crippen molar-refractivity contribution in [3.8, 4) is 23.6 Å². The lowest BCUT2D eigenvalue weighted by Crippen LogP contribution is -2.12. The van der Waals surface area contributed by atoms with Crippen LogP contribution in [0.3, 0.4) is 0 Å². The summed E-state index contributed by atoms with van der Waals surface area (Å²) in [4.78, 5) is 25.6. The SMILES string of the molecule is C#Cc1ccc(C(=O)Nc2ccc(C)c(Nc3nccc(-c4cccnc4)n3)c2)cc1. The summed E-state index contributed by atoms with van der Waals surface area (Å²) in [5.74, 6) is 2.78. The van der Waals surface area contributed by atoms with Crippen LogP contribution in [0.1, 0.15) is 21.5 Å². The average molecular weight is 405 g/mol. The molecule has 4 rings (SSSR count). The van der Waals surface area contributed by atoms with E-state index in [-0.39, 0.29) is 5.91 Å². The molecule has 150 valence electrons. The number of amides is 1. The molecule has 0 spiro atoms. The van der Waals surface area contributed by atoms with E-state index in [4.69, 9.17) is 6.42 Å². The first-order valence-electron chi connectivity index (χ1n) is 9.61. The molecule has 0 fully saturated rings. The molecular formula is C25H19N5O. The van der Waals surface area contributed by atoms with Gasteiger partial charge in [-0.15, -0.1) is 6.42 Å². The van der Waals surface area contributed by atoms with E-state index < -0.39 is 0 Å². The van der Waals surface area contributed by atoms with Crippen molar-refractivity contribution in [3.05, 3.63) is 95.9 Å². The Hall–Kier alpha value is -4.50. The van der Waals surface area contributed by atoms with Gasteiger partial charge in [-0.3, -0.25) is 9.78 Å². The summed E-state index contributed by atoms with van der Waals surface area (Å²) in [7, 11) is 0. The average Bonchev–Trinajstić information content (AvgIpc) is 2.82. The lowest BCUT2D eigenvalue weighted by molar-refractivity contribution is 0.102. The van der Waals surface area contributed by atoms with Crippen molar-refractivity contribution < 1.29 is 4.79 Å². The van der Waals surface area contributed by atoms with Crippen molar-refractivity contribution in [2.75, 3.05) is 10.6 Å². The summed E-state index contributed by atoms with van der Waals surface area (Å²) < 4.78 is 0. The van der Waals surface area contributed by atoms with Gasteiger partial charge in [0.15, 0.2) is 0 Å². The zero-order valence-corrected chi connectivity index (χ0v) is 16.8. The predicted molar refractivity (Wildman–Crippen MR) is 122 cm³/mol. The van der Waals surface area contributed by atoms with Crippen LogP contribution in [0.4, 0.5) is 17.3 Å². The van der Waals surface area contributed by atoms with Crippen LogP contribution in [0.5, 0.6) is 0 Å². The van der Waals surface area contributed by atoms with E-state index in [9.17, 15) is 4.79 Å². The smallest absolute Gasteiger partial charge is 0.255 e. The van der Waals surface area contributed by atoms with Gasteiger partial charge in [0.2, 0.25) is 5.95 Å². The molecule has 0 bridgehead atoms. The number of hydrogen-bond acceptors (Lipinski definition) is 5. The maximum atomic E-state index is 12.6. The van der Waals surface area contributed by atoms with Gasteiger partial charge in [-0.1, -0.05) is 12.0 Å². The molecule has 31 heavy (non-hydrogen) atoms. The van der Waals surface area contributed by atoms with E-state index in [0.717, 1.165) is 28.1 Å². The molecule has 0 radical (unpaired) electrons. The fourth-order valence-corrected chi connectivity index (χ4v) is 2.97. The Morgan fingerprint density at radius 1 is 1.03 bits per heavy atom. The third-order valence-corrected chi connectivity index (χ3v) is 4.67. The van der Waals surface area contributed by atoms with E-state index in [2.05, 4.69) is 31.5 Å². The van der Waals surface area contributed by atoms with Gasteiger partial charge in [-0.05, 0) is 67.1 Å². The van der Waals surface area contributed by atoms with Crippen molar-refractivity contribution in [1.29, 1.82) is 0 Å². The Balaban J connectivity index is 1.53. The molecule has 2 N–H and O–H groups in total. The molecule has 0 saturated carbocycles. The highest BCUT2D eigenvalue weighted by Gasteiger charge is 2.09. The zero-order chi connectivity index (χ0) is 21.6. The molecule has 4 aromatic rings. The van der Waals surface area contributed by atoms with Gasteiger partial charge in [0.25, 0.3) is 5.91 Å². The molecule has 0 unspecified atom stereocenters. The lowest BCUT2D eigenvalue weighted by atomic mass is 10.1. The molecule has 0 atom stereocenters.